The molecular weight excluding hydrogens is 402 g/mol. The minimum atomic E-state index is -3.97. The predicted octanol–water partition coefficient (Wildman–Crippen LogP) is 3.82. The van der Waals surface area contributed by atoms with Gasteiger partial charge < -0.3 is 5.11 Å². The van der Waals surface area contributed by atoms with Crippen LogP contribution in [-0.4, -0.2) is 29.2 Å². The standard InChI is InChI=1S/C20H18ClNO5S/c1-13-2-7-18(8-3-13)28(26,27)22-16(12-17(23)6-9-20(24)25)10-14-4-5-15(21)11-19(14)22/h2-5,7-8,10-11H,6,9,12H2,1H3,(H,24,25). The third-order valence-corrected chi connectivity index (χ3v) is 6.36. The molecule has 146 valence electrons. The van der Waals surface area contributed by atoms with Gasteiger partial charge in [0.2, 0.25) is 0 Å². The van der Waals surface area contributed by atoms with Crippen LogP contribution in [0.3, 0.4) is 0 Å². The molecule has 0 radical (unpaired) electrons. The van der Waals surface area contributed by atoms with E-state index in [4.69, 9.17) is 16.7 Å². The molecule has 6 nitrogen and oxygen atoms in total. The predicted molar refractivity (Wildman–Crippen MR) is 106 cm³/mol. The fourth-order valence-electron chi connectivity index (χ4n) is 2.97. The van der Waals surface area contributed by atoms with Gasteiger partial charge in [0.25, 0.3) is 10.0 Å². The molecule has 28 heavy (non-hydrogen) atoms. The second kappa shape index (κ2) is 7.77. The van der Waals surface area contributed by atoms with Gasteiger partial charge in [-0.1, -0.05) is 35.4 Å². The van der Waals surface area contributed by atoms with Crippen LogP contribution in [0.15, 0.2) is 53.4 Å². The molecule has 8 heteroatoms. The first-order valence-electron chi connectivity index (χ1n) is 8.54. The van der Waals surface area contributed by atoms with E-state index in [-0.39, 0.29) is 35.6 Å². The number of hydrogen-bond acceptors (Lipinski definition) is 4. The van der Waals surface area contributed by atoms with Crippen LogP contribution in [0.4, 0.5) is 0 Å². The lowest BCUT2D eigenvalue weighted by Gasteiger charge is -2.12. The van der Waals surface area contributed by atoms with Crippen molar-refractivity contribution in [3.63, 3.8) is 0 Å². The summed E-state index contributed by atoms with van der Waals surface area (Å²) in [6.45, 7) is 1.85. The Bertz CT molecular complexity index is 1160. The SMILES string of the molecule is Cc1ccc(S(=O)(=O)n2c(CC(=O)CCC(=O)O)cc3ccc(Cl)cc32)cc1. The number of aryl methyl sites for hydroxylation is 1. The summed E-state index contributed by atoms with van der Waals surface area (Å²) in [7, 11) is -3.97. The summed E-state index contributed by atoms with van der Waals surface area (Å²) < 4.78 is 27.8. The van der Waals surface area contributed by atoms with E-state index >= 15 is 0 Å². The van der Waals surface area contributed by atoms with Crippen LogP contribution in [0.5, 0.6) is 0 Å². The maximum Gasteiger partial charge on any atom is 0.303 e. The molecule has 3 rings (SSSR count). The Morgan fingerprint density at radius 1 is 1.04 bits per heavy atom. The number of carboxylic acids is 1. The number of aromatic nitrogens is 1. The topological polar surface area (TPSA) is 93.4 Å². The van der Waals surface area contributed by atoms with Gasteiger partial charge in [-0.15, -0.1) is 0 Å². The highest BCUT2D eigenvalue weighted by atomic mass is 35.5. The lowest BCUT2D eigenvalue weighted by molar-refractivity contribution is -0.138. The molecular formula is C20H18ClNO5S. The Labute approximate surface area is 167 Å². The molecule has 0 saturated carbocycles. The van der Waals surface area contributed by atoms with E-state index in [1.54, 1.807) is 30.3 Å². The van der Waals surface area contributed by atoms with Crippen molar-refractivity contribution in [2.75, 3.05) is 0 Å². The summed E-state index contributed by atoms with van der Waals surface area (Å²) >= 11 is 6.07. The first-order chi connectivity index (χ1) is 13.2. The molecule has 0 unspecified atom stereocenters. The molecule has 0 spiro atoms. The number of carboxylic acid groups (broad SMARTS) is 1. The number of nitrogens with zero attached hydrogens (tertiary/aromatic N) is 1. The second-order valence-corrected chi connectivity index (χ2v) is 8.75. The maximum absolute atomic E-state index is 13.3. The Kier molecular flexibility index (Phi) is 5.58. The van der Waals surface area contributed by atoms with E-state index < -0.39 is 16.0 Å². The summed E-state index contributed by atoms with van der Waals surface area (Å²) in [6.07, 6.45) is -0.650. The molecule has 0 bridgehead atoms. The number of rotatable bonds is 7. The van der Waals surface area contributed by atoms with Crippen molar-refractivity contribution >= 4 is 44.3 Å². The lowest BCUT2D eigenvalue weighted by atomic mass is 10.1. The van der Waals surface area contributed by atoms with Gasteiger partial charge >= 0.3 is 5.97 Å². The minimum Gasteiger partial charge on any atom is -0.481 e. The minimum absolute atomic E-state index is 0.0924. The highest BCUT2D eigenvalue weighted by Gasteiger charge is 2.24. The van der Waals surface area contributed by atoms with E-state index in [0.717, 1.165) is 9.54 Å². The van der Waals surface area contributed by atoms with Crippen molar-refractivity contribution in [3.05, 3.63) is 64.8 Å². The molecule has 3 aromatic rings. The van der Waals surface area contributed by atoms with Crippen molar-refractivity contribution in [2.24, 2.45) is 0 Å². The number of ketones is 1. The zero-order chi connectivity index (χ0) is 20.5. The number of benzene rings is 2. The van der Waals surface area contributed by atoms with Crippen LogP contribution in [-0.2, 0) is 26.0 Å². The molecule has 0 aliphatic rings. The van der Waals surface area contributed by atoms with E-state index in [1.165, 1.54) is 18.2 Å². The quantitative estimate of drug-likeness (QED) is 0.628. The summed E-state index contributed by atoms with van der Waals surface area (Å²) in [6, 6.07) is 12.9. The summed E-state index contributed by atoms with van der Waals surface area (Å²) in [4.78, 5) is 23.0. The second-order valence-electron chi connectivity index (χ2n) is 6.53. The molecule has 0 atom stereocenters. The van der Waals surface area contributed by atoms with Gasteiger partial charge in [-0.3, -0.25) is 9.59 Å². The average Bonchev–Trinajstić information content (AvgIpc) is 2.98. The summed E-state index contributed by atoms with van der Waals surface area (Å²) in [5.41, 5.74) is 1.56. The fourth-order valence-corrected chi connectivity index (χ4v) is 4.67. The Hall–Kier alpha value is -2.64. The highest BCUT2D eigenvalue weighted by Crippen LogP contribution is 2.29. The molecule has 0 saturated heterocycles. The van der Waals surface area contributed by atoms with Gasteiger partial charge in [-0.2, -0.15) is 0 Å². The Morgan fingerprint density at radius 2 is 1.71 bits per heavy atom. The van der Waals surface area contributed by atoms with Gasteiger partial charge in [0.15, 0.2) is 0 Å². The van der Waals surface area contributed by atoms with Gasteiger partial charge in [-0.25, -0.2) is 12.4 Å². The van der Waals surface area contributed by atoms with Gasteiger partial charge in [0.1, 0.15) is 5.78 Å². The monoisotopic (exact) mass is 419 g/mol. The summed E-state index contributed by atoms with van der Waals surface area (Å²) in [5.74, 6) is -1.43. The van der Waals surface area contributed by atoms with Crippen LogP contribution in [0.1, 0.15) is 24.1 Å². The van der Waals surface area contributed by atoms with Crippen LogP contribution < -0.4 is 0 Å². The highest BCUT2D eigenvalue weighted by molar-refractivity contribution is 7.90. The number of halogens is 1. The largest absolute Gasteiger partial charge is 0.481 e. The first-order valence-corrected chi connectivity index (χ1v) is 10.4. The third-order valence-electron chi connectivity index (χ3n) is 4.35. The van der Waals surface area contributed by atoms with Crippen LogP contribution in [0, 0.1) is 6.92 Å². The molecule has 0 aliphatic carbocycles. The molecule has 1 aromatic heterocycles. The normalized spacial score (nSPS) is 11.6. The van der Waals surface area contributed by atoms with Gasteiger partial charge in [0.05, 0.1) is 16.8 Å². The number of aliphatic carboxylic acids is 1. The number of carbonyl (C=O) groups excluding carboxylic acids is 1. The number of Topliss-reactive ketones (excluding diaryl/α,β-unsaturated/α-hetero) is 1. The summed E-state index contributed by atoms with van der Waals surface area (Å²) in [5, 5.41) is 9.76. The zero-order valence-electron chi connectivity index (χ0n) is 15.1. The van der Waals surface area contributed by atoms with Crippen molar-refractivity contribution in [3.8, 4) is 0 Å². The fraction of sp³-hybridized carbons (Fsp3) is 0.200. The van der Waals surface area contributed by atoms with Crippen molar-refractivity contribution < 1.29 is 23.1 Å². The number of fused-ring (bicyclic) bond motifs is 1. The van der Waals surface area contributed by atoms with Gasteiger partial charge in [0, 0.05) is 28.9 Å². The average molecular weight is 420 g/mol. The number of carbonyl (C=O) groups is 2. The van der Waals surface area contributed by atoms with Crippen LogP contribution in [0.25, 0.3) is 10.9 Å². The maximum atomic E-state index is 13.3. The van der Waals surface area contributed by atoms with Gasteiger partial charge in [-0.05, 0) is 37.3 Å². The smallest absolute Gasteiger partial charge is 0.303 e. The molecule has 1 heterocycles. The molecule has 2 aromatic carbocycles. The lowest BCUT2D eigenvalue weighted by Crippen LogP contribution is -2.18. The van der Waals surface area contributed by atoms with Crippen molar-refractivity contribution in [2.45, 2.75) is 31.1 Å². The van der Waals surface area contributed by atoms with E-state index in [2.05, 4.69) is 0 Å². The van der Waals surface area contributed by atoms with E-state index in [1.807, 2.05) is 6.92 Å². The first kappa shape index (κ1) is 20.1. The van der Waals surface area contributed by atoms with Crippen LogP contribution in [0.2, 0.25) is 5.02 Å². The van der Waals surface area contributed by atoms with E-state index in [9.17, 15) is 18.0 Å². The van der Waals surface area contributed by atoms with Crippen molar-refractivity contribution in [1.82, 2.24) is 3.97 Å². The number of hydrogen-bond donors (Lipinski definition) is 1. The van der Waals surface area contributed by atoms with E-state index in [0.29, 0.717) is 15.9 Å². The molecule has 0 aliphatic heterocycles. The third kappa shape index (κ3) is 4.10. The zero-order valence-corrected chi connectivity index (χ0v) is 16.6. The Morgan fingerprint density at radius 3 is 2.36 bits per heavy atom. The molecule has 0 amide bonds. The molecule has 1 N–H and O–H groups in total. The van der Waals surface area contributed by atoms with Crippen LogP contribution >= 0.6 is 11.6 Å². The van der Waals surface area contributed by atoms with Crippen molar-refractivity contribution in [1.29, 1.82) is 0 Å². The Balaban J connectivity index is 2.13. The molecule has 0 fully saturated rings.